The minimum atomic E-state index is 0.0537. The zero-order valence-electron chi connectivity index (χ0n) is 15.4. The molecule has 0 spiro atoms. The van der Waals surface area contributed by atoms with Crippen molar-refractivity contribution in [3.63, 3.8) is 0 Å². The van der Waals surface area contributed by atoms with Crippen LogP contribution < -0.4 is 0 Å². The molecule has 0 saturated carbocycles. The van der Waals surface area contributed by atoms with Crippen molar-refractivity contribution >= 4 is 0 Å². The lowest BCUT2D eigenvalue weighted by Gasteiger charge is -2.29. The Hall–Kier alpha value is -1.69. The number of aryl methyl sites for hydroxylation is 2. The molecule has 2 aromatic rings. The number of ether oxygens (including phenoxy) is 1. The van der Waals surface area contributed by atoms with E-state index in [1.165, 1.54) is 0 Å². The van der Waals surface area contributed by atoms with E-state index >= 15 is 0 Å². The highest BCUT2D eigenvalue weighted by Gasteiger charge is 2.41. The van der Waals surface area contributed by atoms with E-state index in [0.29, 0.717) is 11.8 Å². The molecule has 3 heterocycles. The molecule has 0 bridgehead atoms. The lowest BCUT2D eigenvalue weighted by Crippen LogP contribution is -2.30. The lowest BCUT2D eigenvalue weighted by molar-refractivity contribution is 0.0169. The molecule has 6 nitrogen and oxygen atoms in total. The van der Waals surface area contributed by atoms with Gasteiger partial charge in [0.15, 0.2) is 0 Å². The highest BCUT2D eigenvalue weighted by molar-refractivity contribution is 5.22. The highest BCUT2D eigenvalue weighted by atomic mass is 16.5. The fourth-order valence-electron chi connectivity index (χ4n) is 3.48. The summed E-state index contributed by atoms with van der Waals surface area (Å²) in [7, 11) is 0. The Morgan fingerprint density at radius 2 is 1.96 bits per heavy atom. The molecule has 0 N–H and O–H groups in total. The minimum Gasteiger partial charge on any atom is -0.425 e. The molecule has 3 rings (SSSR count). The van der Waals surface area contributed by atoms with Crippen molar-refractivity contribution in [1.82, 2.24) is 15.4 Å². The largest absolute Gasteiger partial charge is 0.425 e. The standard InChI is InChI=1S/C18H27N3O3/c1-10(9-14-11(2)21-24-12(14)3)16-19-20-17(23-16)13-7-8-22-15(13)18(4,5)6/h10,13,15H,7-9H2,1-6H3/t10-,13+,15+/m1/s1. The summed E-state index contributed by atoms with van der Waals surface area (Å²) in [5, 5.41) is 12.6. The third kappa shape index (κ3) is 3.24. The Morgan fingerprint density at radius 1 is 1.21 bits per heavy atom. The van der Waals surface area contributed by atoms with Gasteiger partial charge in [-0.2, -0.15) is 0 Å². The Balaban J connectivity index is 1.75. The summed E-state index contributed by atoms with van der Waals surface area (Å²) in [4.78, 5) is 0. The van der Waals surface area contributed by atoms with Gasteiger partial charge in [-0.1, -0.05) is 32.9 Å². The zero-order chi connectivity index (χ0) is 17.5. The normalized spacial score (nSPS) is 22.9. The molecule has 1 aliphatic rings. The summed E-state index contributed by atoms with van der Waals surface area (Å²) >= 11 is 0. The van der Waals surface area contributed by atoms with E-state index in [0.717, 1.165) is 36.5 Å². The maximum absolute atomic E-state index is 6.03. The maximum atomic E-state index is 6.03. The number of nitrogens with zero attached hydrogens (tertiary/aromatic N) is 3. The molecule has 6 heteroatoms. The van der Waals surface area contributed by atoms with Crippen molar-refractivity contribution in [1.29, 1.82) is 0 Å². The second-order valence-electron chi connectivity index (χ2n) is 7.94. The number of hydrogen-bond acceptors (Lipinski definition) is 6. The maximum Gasteiger partial charge on any atom is 0.222 e. The van der Waals surface area contributed by atoms with Gasteiger partial charge in [-0.05, 0) is 32.1 Å². The van der Waals surface area contributed by atoms with Gasteiger partial charge in [0.25, 0.3) is 0 Å². The molecule has 132 valence electrons. The van der Waals surface area contributed by atoms with Crippen LogP contribution in [0.2, 0.25) is 0 Å². The molecule has 3 atom stereocenters. The van der Waals surface area contributed by atoms with Crippen LogP contribution >= 0.6 is 0 Å². The predicted octanol–water partition coefficient (Wildman–Crippen LogP) is 3.94. The molecular formula is C18H27N3O3. The Morgan fingerprint density at radius 3 is 2.58 bits per heavy atom. The van der Waals surface area contributed by atoms with Crippen molar-refractivity contribution in [3.05, 3.63) is 28.8 Å². The zero-order valence-corrected chi connectivity index (χ0v) is 15.4. The van der Waals surface area contributed by atoms with E-state index in [9.17, 15) is 0 Å². The SMILES string of the molecule is Cc1noc(C)c1C[C@@H](C)c1nnc([C@H]2CCO[C@@H]2C(C)(C)C)o1. The molecule has 0 radical (unpaired) electrons. The van der Waals surface area contributed by atoms with Crippen molar-refractivity contribution < 1.29 is 13.7 Å². The summed E-state index contributed by atoms with van der Waals surface area (Å²) in [6.07, 6.45) is 1.83. The van der Waals surface area contributed by atoms with Crippen LogP contribution in [-0.2, 0) is 11.2 Å². The first-order chi connectivity index (χ1) is 11.3. The van der Waals surface area contributed by atoms with E-state index < -0.39 is 0 Å². The van der Waals surface area contributed by atoms with Crippen molar-refractivity contribution in [3.8, 4) is 0 Å². The van der Waals surface area contributed by atoms with Gasteiger partial charge >= 0.3 is 0 Å². The average Bonchev–Trinajstić information content (AvgIpc) is 3.20. The van der Waals surface area contributed by atoms with Gasteiger partial charge in [0.05, 0.1) is 17.7 Å². The summed E-state index contributed by atoms with van der Waals surface area (Å²) < 4.78 is 17.2. The Kier molecular flexibility index (Phi) is 4.51. The topological polar surface area (TPSA) is 74.2 Å². The molecular weight excluding hydrogens is 306 g/mol. The van der Waals surface area contributed by atoms with E-state index in [4.69, 9.17) is 13.7 Å². The second-order valence-corrected chi connectivity index (χ2v) is 7.94. The van der Waals surface area contributed by atoms with Crippen LogP contribution in [0.15, 0.2) is 8.94 Å². The van der Waals surface area contributed by atoms with Crippen LogP contribution in [0, 0.1) is 19.3 Å². The van der Waals surface area contributed by atoms with Gasteiger partial charge in [0, 0.05) is 18.1 Å². The van der Waals surface area contributed by atoms with Gasteiger partial charge in [0.1, 0.15) is 5.76 Å². The predicted molar refractivity (Wildman–Crippen MR) is 88.9 cm³/mol. The van der Waals surface area contributed by atoms with E-state index in [1.807, 2.05) is 13.8 Å². The fraction of sp³-hybridized carbons (Fsp3) is 0.722. The van der Waals surface area contributed by atoms with Crippen LogP contribution in [-0.4, -0.2) is 28.1 Å². The molecule has 1 aliphatic heterocycles. The summed E-state index contributed by atoms with van der Waals surface area (Å²) in [5.74, 6) is 2.53. The van der Waals surface area contributed by atoms with Crippen LogP contribution in [0.25, 0.3) is 0 Å². The first-order valence-electron chi connectivity index (χ1n) is 8.64. The first kappa shape index (κ1) is 17.1. The molecule has 1 saturated heterocycles. The lowest BCUT2D eigenvalue weighted by atomic mass is 9.81. The number of hydrogen-bond donors (Lipinski definition) is 0. The Bertz CT molecular complexity index is 679. The van der Waals surface area contributed by atoms with Gasteiger partial charge < -0.3 is 13.7 Å². The summed E-state index contributed by atoms with van der Waals surface area (Å²) in [5.41, 5.74) is 2.10. The molecule has 0 unspecified atom stereocenters. The number of aromatic nitrogens is 3. The van der Waals surface area contributed by atoms with Crippen LogP contribution in [0.5, 0.6) is 0 Å². The van der Waals surface area contributed by atoms with Gasteiger partial charge in [-0.3, -0.25) is 0 Å². The van der Waals surface area contributed by atoms with Crippen LogP contribution in [0.4, 0.5) is 0 Å². The van der Waals surface area contributed by atoms with Gasteiger partial charge in [-0.15, -0.1) is 10.2 Å². The monoisotopic (exact) mass is 333 g/mol. The molecule has 0 amide bonds. The van der Waals surface area contributed by atoms with E-state index in [2.05, 4.69) is 43.0 Å². The third-order valence-electron chi connectivity index (χ3n) is 4.83. The van der Waals surface area contributed by atoms with Crippen molar-refractivity contribution in [2.24, 2.45) is 5.41 Å². The third-order valence-corrected chi connectivity index (χ3v) is 4.83. The smallest absolute Gasteiger partial charge is 0.222 e. The van der Waals surface area contributed by atoms with Crippen LogP contribution in [0.1, 0.15) is 74.8 Å². The average molecular weight is 333 g/mol. The van der Waals surface area contributed by atoms with Crippen molar-refractivity contribution in [2.45, 2.75) is 72.3 Å². The van der Waals surface area contributed by atoms with Crippen molar-refractivity contribution in [2.75, 3.05) is 6.61 Å². The second kappa shape index (κ2) is 6.31. The summed E-state index contributed by atoms with van der Waals surface area (Å²) in [6, 6.07) is 0. The molecule has 2 aromatic heterocycles. The Labute approximate surface area is 143 Å². The summed E-state index contributed by atoms with van der Waals surface area (Å²) in [6.45, 7) is 13.3. The molecule has 24 heavy (non-hydrogen) atoms. The van der Waals surface area contributed by atoms with Gasteiger partial charge in [-0.25, -0.2) is 0 Å². The van der Waals surface area contributed by atoms with Crippen LogP contribution in [0.3, 0.4) is 0 Å². The number of rotatable bonds is 4. The minimum absolute atomic E-state index is 0.0537. The highest BCUT2D eigenvalue weighted by Crippen LogP contribution is 2.40. The van der Waals surface area contributed by atoms with Gasteiger partial charge in [0.2, 0.25) is 11.8 Å². The van der Waals surface area contributed by atoms with E-state index in [-0.39, 0.29) is 23.4 Å². The fourth-order valence-corrected chi connectivity index (χ4v) is 3.48. The molecule has 1 fully saturated rings. The molecule has 0 aromatic carbocycles. The first-order valence-corrected chi connectivity index (χ1v) is 8.64. The molecule has 0 aliphatic carbocycles. The quantitative estimate of drug-likeness (QED) is 0.843. The van der Waals surface area contributed by atoms with E-state index in [1.54, 1.807) is 0 Å².